The minimum atomic E-state index is -0.422. The summed E-state index contributed by atoms with van der Waals surface area (Å²) in [5, 5.41) is 0. The fourth-order valence-electron chi connectivity index (χ4n) is 3.14. The molecule has 0 aliphatic carbocycles. The van der Waals surface area contributed by atoms with E-state index in [0.717, 1.165) is 12.3 Å². The highest BCUT2D eigenvalue weighted by Gasteiger charge is 2.23. The Morgan fingerprint density at radius 2 is 0.967 bits per heavy atom. The van der Waals surface area contributed by atoms with E-state index >= 15 is 0 Å². The number of benzene rings is 1. The van der Waals surface area contributed by atoms with Crippen LogP contribution in [0.5, 0.6) is 0 Å². The van der Waals surface area contributed by atoms with Crippen LogP contribution in [0, 0.1) is 5.41 Å². The SMILES string of the molecule is C=C(C)C(=O)N(C)C(C)(C)C.C=C(C)C(=O)OC(C)(C)C.C=CC(=O)N(C)C(C)(C)C.C=CC(=O)OC(C)(C)C.C=COC(=O)C(C)(C)C.C=Cc1ccc(C(C)(C)C)cc1. The Labute approximate surface area is 372 Å². The van der Waals surface area contributed by atoms with Gasteiger partial charge in [-0.15, -0.1) is 0 Å². The van der Waals surface area contributed by atoms with Crippen molar-refractivity contribution in [2.45, 2.75) is 166 Å². The third kappa shape index (κ3) is 37.7. The van der Waals surface area contributed by atoms with Gasteiger partial charge >= 0.3 is 17.9 Å². The molecule has 0 aliphatic rings. The Balaban J connectivity index is -0.000000206. The molecule has 0 fully saturated rings. The van der Waals surface area contributed by atoms with Crippen LogP contribution in [0.25, 0.3) is 6.08 Å². The summed E-state index contributed by atoms with van der Waals surface area (Å²) in [6.45, 7) is 59.0. The maximum Gasteiger partial charge on any atom is 0.333 e. The van der Waals surface area contributed by atoms with Gasteiger partial charge in [0, 0.05) is 42.4 Å². The van der Waals surface area contributed by atoms with Gasteiger partial charge < -0.3 is 24.0 Å². The molecule has 0 atom stereocenters. The van der Waals surface area contributed by atoms with Gasteiger partial charge in [-0.05, 0) is 140 Å². The third-order valence-corrected chi connectivity index (χ3v) is 7.32. The monoisotopic (exact) mass is 855 g/mol. The molecular weight excluding hydrogens is 769 g/mol. The van der Waals surface area contributed by atoms with E-state index in [0.29, 0.717) is 11.1 Å². The zero-order valence-corrected chi connectivity index (χ0v) is 42.5. The second-order valence-electron chi connectivity index (χ2n) is 20.0. The molecule has 61 heavy (non-hydrogen) atoms. The van der Waals surface area contributed by atoms with Crippen LogP contribution in [0.1, 0.15) is 150 Å². The molecule has 0 spiro atoms. The van der Waals surface area contributed by atoms with E-state index in [1.807, 2.05) is 89.2 Å². The lowest BCUT2D eigenvalue weighted by Gasteiger charge is -2.32. The van der Waals surface area contributed by atoms with Gasteiger partial charge in [-0.3, -0.25) is 14.4 Å². The van der Waals surface area contributed by atoms with Crippen LogP contribution in [0.3, 0.4) is 0 Å². The van der Waals surface area contributed by atoms with Crippen molar-refractivity contribution >= 4 is 35.8 Å². The number of carbonyl (C=O) groups excluding carboxylic acids is 5. The van der Waals surface area contributed by atoms with Crippen LogP contribution in [0.4, 0.5) is 0 Å². The van der Waals surface area contributed by atoms with Crippen molar-refractivity contribution < 1.29 is 38.2 Å². The molecule has 1 aromatic carbocycles. The summed E-state index contributed by atoms with van der Waals surface area (Å²) >= 11 is 0. The lowest BCUT2D eigenvalue weighted by molar-refractivity contribution is -0.150. The number of hydrogen-bond donors (Lipinski definition) is 0. The zero-order valence-electron chi connectivity index (χ0n) is 42.5. The highest BCUT2D eigenvalue weighted by atomic mass is 16.6. The lowest BCUT2D eigenvalue weighted by Crippen LogP contribution is -2.42. The quantitative estimate of drug-likeness (QED) is 0.120. The molecule has 2 amide bonds. The molecule has 1 rings (SSSR count). The summed E-state index contributed by atoms with van der Waals surface area (Å²) in [6.07, 6.45) is 5.50. The van der Waals surface area contributed by atoms with Gasteiger partial charge in [-0.25, -0.2) is 9.59 Å². The first-order valence-corrected chi connectivity index (χ1v) is 20.1. The Kier molecular flexibility index (Phi) is 30.5. The summed E-state index contributed by atoms with van der Waals surface area (Å²) in [6, 6.07) is 8.54. The van der Waals surface area contributed by atoms with E-state index in [9.17, 15) is 24.0 Å². The molecule has 0 heterocycles. The van der Waals surface area contributed by atoms with Crippen molar-refractivity contribution in [2.24, 2.45) is 5.41 Å². The van der Waals surface area contributed by atoms with Gasteiger partial charge in [0.25, 0.3) is 0 Å². The summed E-state index contributed by atoms with van der Waals surface area (Å²) < 4.78 is 14.3. The van der Waals surface area contributed by atoms with Crippen LogP contribution in [-0.2, 0) is 43.6 Å². The molecule has 10 heteroatoms. The predicted octanol–water partition coefficient (Wildman–Crippen LogP) is 12.0. The first-order valence-electron chi connectivity index (χ1n) is 20.1. The molecule has 10 nitrogen and oxygen atoms in total. The van der Waals surface area contributed by atoms with Crippen molar-refractivity contribution in [2.75, 3.05) is 14.1 Å². The number of rotatable bonds is 6. The van der Waals surface area contributed by atoms with Crippen LogP contribution >= 0.6 is 0 Å². The minimum absolute atomic E-state index is 0.0116. The molecular formula is C51H86N2O8. The number of carbonyl (C=O) groups is 5. The van der Waals surface area contributed by atoms with Gasteiger partial charge in [0.1, 0.15) is 11.2 Å². The Morgan fingerprint density at radius 1 is 0.574 bits per heavy atom. The summed E-state index contributed by atoms with van der Waals surface area (Å²) in [5.74, 6) is -0.975. The first-order chi connectivity index (χ1) is 27.0. The van der Waals surface area contributed by atoms with E-state index < -0.39 is 16.6 Å². The number of amides is 2. The average Bonchev–Trinajstić information content (AvgIpc) is 3.08. The largest absolute Gasteiger partial charge is 0.457 e. The molecule has 0 aliphatic heterocycles. The van der Waals surface area contributed by atoms with E-state index in [4.69, 9.17) is 9.47 Å². The first kappa shape index (κ1) is 65.1. The second-order valence-corrected chi connectivity index (χ2v) is 20.0. The average molecular weight is 855 g/mol. The maximum absolute atomic E-state index is 11.3. The molecule has 0 radical (unpaired) electrons. The van der Waals surface area contributed by atoms with Crippen molar-refractivity contribution in [3.8, 4) is 0 Å². The fourth-order valence-corrected chi connectivity index (χ4v) is 3.14. The molecule has 1 aromatic rings. The summed E-state index contributed by atoms with van der Waals surface area (Å²) in [4.78, 5) is 57.7. The lowest BCUT2D eigenvalue weighted by atomic mass is 9.87. The predicted molar refractivity (Wildman–Crippen MR) is 258 cm³/mol. The van der Waals surface area contributed by atoms with Gasteiger partial charge in [0.15, 0.2) is 0 Å². The van der Waals surface area contributed by atoms with Crippen molar-refractivity contribution in [3.63, 3.8) is 0 Å². The number of ether oxygens (including phenoxy) is 3. The smallest absolute Gasteiger partial charge is 0.333 e. The van der Waals surface area contributed by atoms with Crippen LogP contribution in [0.15, 0.2) is 93.3 Å². The fraction of sp³-hybridized carbons (Fsp3) is 0.549. The summed E-state index contributed by atoms with van der Waals surface area (Å²) in [5.41, 5.74) is 2.38. The molecule has 0 saturated carbocycles. The molecule has 348 valence electrons. The highest BCUT2D eigenvalue weighted by molar-refractivity contribution is 5.92. The molecule has 0 unspecified atom stereocenters. The number of likely N-dealkylation sites (N-methyl/N-ethyl adjacent to an activating group) is 2. The number of hydrogen-bond acceptors (Lipinski definition) is 8. The molecule has 0 N–H and O–H groups in total. The second kappa shape index (κ2) is 28.5. The van der Waals surface area contributed by atoms with E-state index in [2.05, 4.69) is 89.2 Å². The van der Waals surface area contributed by atoms with Crippen molar-refractivity contribution in [1.29, 1.82) is 0 Å². The number of nitrogens with zero attached hydrogens (tertiary/aromatic N) is 2. The highest BCUT2D eigenvalue weighted by Crippen LogP contribution is 2.22. The van der Waals surface area contributed by atoms with E-state index in [1.54, 1.807) is 58.5 Å². The standard InChI is InChI=1S/C12H16.C9H17NO.C8H15NO.C8H14O2.2C7H12O2/c1-5-10-6-8-11(9-7-10)12(2,3)4;1-7(2)8(11)10(6)9(3,4)5;1-6-7(10)9(5)8(2,3)4;1-6(2)7(9)10-8(3,4)5;1-5-9-6(8)7(2,3)4;1-5-6(8)9-7(2,3)4/h5-9H,1H2,2-4H3;1H2,2-6H3;6H,1H2,2-5H3;1H2,2-5H3;2*5H,1H2,2-4H3. The van der Waals surface area contributed by atoms with Gasteiger partial charge in [-0.2, -0.15) is 0 Å². The van der Waals surface area contributed by atoms with Gasteiger partial charge in [0.05, 0.1) is 11.7 Å². The Morgan fingerprint density at radius 3 is 1.11 bits per heavy atom. The Hall–Kier alpha value is -4.99. The van der Waals surface area contributed by atoms with Crippen molar-refractivity contribution in [1.82, 2.24) is 9.80 Å². The van der Waals surface area contributed by atoms with Crippen LogP contribution < -0.4 is 0 Å². The van der Waals surface area contributed by atoms with Crippen LogP contribution in [0.2, 0.25) is 0 Å². The van der Waals surface area contributed by atoms with Crippen molar-refractivity contribution in [3.05, 3.63) is 104 Å². The van der Waals surface area contributed by atoms with Gasteiger partial charge in [0.2, 0.25) is 11.8 Å². The molecule has 0 saturated heterocycles. The van der Waals surface area contributed by atoms with Crippen LogP contribution in [-0.4, -0.2) is 75.9 Å². The van der Waals surface area contributed by atoms with E-state index in [-0.39, 0.29) is 46.2 Å². The Bertz CT molecular complexity index is 1590. The zero-order chi connectivity index (χ0) is 50.1. The normalized spacial score (nSPS) is 10.9. The van der Waals surface area contributed by atoms with Gasteiger partial charge in [-0.1, -0.05) is 90.6 Å². The minimum Gasteiger partial charge on any atom is -0.457 e. The third-order valence-electron chi connectivity index (χ3n) is 7.32. The maximum atomic E-state index is 11.3. The molecule has 0 bridgehead atoms. The number of esters is 3. The molecule has 0 aromatic heterocycles. The summed E-state index contributed by atoms with van der Waals surface area (Å²) in [7, 11) is 3.56. The van der Waals surface area contributed by atoms with E-state index in [1.165, 1.54) is 17.2 Å². The topological polar surface area (TPSA) is 120 Å².